The highest BCUT2D eigenvalue weighted by atomic mass is 16.5. The zero-order chi connectivity index (χ0) is 19.0. The molecular weight excluding hydrogens is 336 g/mol. The maximum atomic E-state index is 12.7. The summed E-state index contributed by atoms with van der Waals surface area (Å²) in [4.78, 5) is 12.7. The highest BCUT2D eigenvalue weighted by Gasteiger charge is 2.12. The predicted molar refractivity (Wildman–Crippen MR) is 111 cm³/mol. The molecule has 0 spiro atoms. The van der Waals surface area contributed by atoms with Crippen molar-refractivity contribution in [2.24, 2.45) is 0 Å². The van der Waals surface area contributed by atoms with Crippen LogP contribution in [0.15, 0.2) is 60.7 Å². The van der Waals surface area contributed by atoms with Crippen molar-refractivity contribution in [2.45, 2.75) is 20.4 Å². The summed E-state index contributed by atoms with van der Waals surface area (Å²) in [7, 11) is 1.63. The van der Waals surface area contributed by atoms with E-state index in [4.69, 9.17) is 4.74 Å². The fourth-order valence-corrected chi connectivity index (χ4v) is 3.70. The van der Waals surface area contributed by atoms with Gasteiger partial charge >= 0.3 is 0 Å². The first kappa shape index (κ1) is 17.2. The van der Waals surface area contributed by atoms with Crippen molar-refractivity contribution < 1.29 is 9.53 Å². The molecular formula is C23H22N2O2. The summed E-state index contributed by atoms with van der Waals surface area (Å²) in [6, 6.07) is 19.9. The molecule has 27 heavy (non-hydrogen) atoms. The molecule has 1 N–H and O–H groups in total. The van der Waals surface area contributed by atoms with Crippen molar-refractivity contribution in [2.75, 3.05) is 12.4 Å². The molecule has 4 rings (SSSR count). The number of anilines is 1. The van der Waals surface area contributed by atoms with Gasteiger partial charge in [-0.25, -0.2) is 0 Å². The van der Waals surface area contributed by atoms with E-state index in [1.165, 1.54) is 16.4 Å². The summed E-state index contributed by atoms with van der Waals surface area (Å²) in [6.07, 6.45) is 0. The zero-order valence-corrected chi connectivity index (χ0v) is 15.7. The molecule has 4 aromatic rings. The Morgan fingerprint density at radius 3 is 2.52 bits per heavy atom. The second-order valence-electron chi connectivity index (χ2n) is 6.63. The van der Waals surface area contributed by atoms with Crippen LogP contribution in [0.5, 0.6) is 5.75 Å². The van der Waals surface area contributed by atoms with Gasteiger partial charge in [-0.05, 0) is 61.9 Å². The largest absolute Gasteiger partial charge is 0.496 e. The molecule has 0 atom stereocenters. The number of nitrogens with zero attached hydrogens (tertiary/aromatic N) is 1. The molecule has 0 saturated carbocycles. The molecule has 0 fully saturated rings. The Kier molecular flexibility index (Phi) is 4.32. The second-order valence-corrected chi connectivity index (χ2v) is 6.63. The number of nitrogens with one attached hydrogen (secondary N) is 1. The molecule has 0 radical (unpaired) electrons. The van der Waals surface area contributed by atoms with Crippen LogP contribution in [0.25, 0.3) is 21.8 Å². The first-order valence-electron chi connectivity index (χ1n) is 9.09. The minimum Gasteiger partial charge on any atom is -0.496 e. The van der Waals surface area contributed by atoms with Crippen molar-refractivity contribution in [1.82, 2.24) is 4.57 Å². The van der Waals surface area contributed by atoms with Gasteiger partial charge < -0.3 is 14.6 Å². The topological polar surface area (TPSA) is 43.3 Å². The summed E-state index contributed by atoms with van der Waals surface area (Å²) in [5.41, 5.74) is 4.73. The lowest BCUT2D eigenvalue weighted by Gasteiger charge is -2.09. The van der Waals surface area contributed by atoms with Gasteiger partial charge in [0.25, 0.3) is 5.91 Å². The molecule has 0 unspecified atom stereocenters. The van der Waals surface area contributed by atoms with E-state index in [0.29, 0.717) is 5.56 Å². The van der Waals surface area contributed by atoms with Gasteiger partial charge in [0.2, 0.25) is 0 Å². The van der Waals surface area contributed by atoms with Crippen molar-refractivity contribution in [1.29, 1.82) is 0 Å². The molecule has 0 saturated heterocycles. The molecule has 0 aliphatic heterocycles. The molecule has 3 aromatic carbocycles. The number of hydrogen-bond acceptors (Lipinski definition) is 2. The molecule has 1 amide bonds. The van der Waals surface area contributed by atoms with E-state index in [0.717, 1.165) is 28.9 Å². The maximum absolute atomic E-state index is 12.7. The van der Waals surface area contributed by atoms with Crippen LogP contribution in [0.2, 0.25) is 0 Å². The van der Waals surface area contributed by atoms with E-state index in [1.54, 1.807) is 13.2 Å². The molecule has 136 valence electrons. The maximum Gasteiger partial charge on any atom is 0.255 e. The minimum absolute atomic E-state index is 0.126. The lowest BCUT2D eigenvalue weighted by atomic mass is 10.1. The van der Waals surface area contributed by atoms with E-state index < -0.39 is 0 Å². The number of para-hydroxylation sites is 1. The SMILES string of the molecule is CCn1c2ccccc2c2cc(NC(=O)c3ccc(OC)c(C)c3)ccc21. The number of methoxy groups -OCH3 is 1. The fraction of sp³-hybridized carbons (Fsp3) is 0.174. The Bertz CT molecular complexity index is 1160. The molecule has 4 nitrogen and oxygen atoms in total. The molecule has 0 aliphatic carbocycles. The second kappa shape index (κ2) is 6.80. The number of rotatable bonds is 4. The Morgan fingerprint density at radius 1 is 1.00 bits per heavy atom. The normalized spacial score (nSPS) is 11.1. The summed E-state index contributed by atoms with van der Waals surface area (Å²) < 4.78 is 7.56. The Morgan fingerprint density at radius 2 is 1.78 bits per heavy atom. The zero-order valence-electron chi connectivity index (χ0n) is 15.7. The predicted octanol–water partition coefficient (Wildman–Crippen LogP) is 5.38. The summed E-state index contributed by atoms with van der Waals surface area (Å²) >= 11 is 0. The van der Waals surface area contributed by atoms with E-state index in [2.05, 4.69) is 47.1 Å². The number of fused-ring (bicyclic) bond motifs is 3. The Labute approximate surface area is 158 Å². The molecule has 0 aliphatic rings. The van der Waals surface area contributed by atoms with Gasteiger partial charge in [0.15, 0.2) is 0 Å². The number of ether oxygens (including phenoxy) is 1. The van der Waals surface area contributed by atoms with Gasteiger partial charge in [0.1, 0.15) is 5.75 Å². The number of carbonyl (C=O) groups is 1. The van der Waals surface area contributed by atoms with Crippen LogP contribution in [-0.2, 0) is 6.54 Å². The number of aryl methyl sites for hydroxylation is 2. The summed E-state index contributed by atoms with van der Waals surface area (Å²) in [6.45, 7) is 4.98. The van der Waals surface area contributed by atoms with E-state index in [1.807, 2.05) is 31.2 Å². The summed E-state index contributed by atoms with van der Waals surface area (Å²) in [5, 5.41) is 5.37. The van der Waals surface area contributed by atoms with Gasteiger partial charge in [-0.2, -0.15) is 0 Å². The van der Waals surface area contributed by atoms with Gasteiger partial charge in [-0.1, -0.05) is 18.2 Å². The number of aromatic nitrogens is 1. The monoisotopic (exact) mass is 358 g/mol. The van der Waals surface area contributed by atoms with E-state index in [9.17, 15) is 4.79 Å². The van der Waals surface area contributed by atoms with Gasteiger partial charge in [-0.15, -0.1) is 0 Å². The van der Waals surface area contributed by atoms with Crippen molar-refractivity contribution in [3.8, 4) is 5.75 Å². The number of carbonyl (C=O) groups excluding carboxylic acids is 1. The van der Waals surface area contributed by atoms with Crippen LogP contribution < -0.4 is 10.1 Å². The summed E-state index contributed by atoms with van der Waals surface area (Å²) in [5.74, 6) is 0.652. The van der Waals surface area contributed by atoms with Crippen molar-refractivity contribution >= 4 is 33.4 Å². The fourth-order valence-electron chi connectivity index (χ4n) is 3.70. The third kappa shape index (κ3) is 2.93. The average Bonchev–Trinajstić information content (AvgIpc) is 3.01. The van der Waals surface area contributed by atoms with E-state index >= 15 is 0 Å². The first-order chi connectivity index (χ1) is 13.1. The van der Waals surface area contributed by atoms with Crippen LogP contribution in [0.4, 0.5) is 5.69 Å². The first-order valence-corrected chi connectivity index (χ1v) is 9.09. The average molecular weight is 358 g/mol. The van der Waals surface area contributed by atoms with E-state index in [-0.39, 0.29) is 5.91 Å². The molecule has 0 bridgehead atoms. The van der Waals surface area contributed by atoms with Gasteiger partial charge in [0, 0.05) is 39.6 Å². The van der Waals surface area contributed by atoms with Gasteiger partial charge in [-0.3, -0.25) is 4.79 Å². The van der Waals surface area contributed by atoms with Crippen molar-refractivity contribution in [3.05, 3.63) is 71.8 Å². The highest BCUT2D eigenvalue weighted by molar-refractivity contribution is 6.11. The standard InChI is InChI=1S/C23H22N2O2/c1-4-25-20-8-6-5-7-18(20)19-14-17(10-11-21(19)25)24-23(26)16-9-12-22(27-3)15(2)13-16/h5-14H,4H2,1-3H3,(H,24,26). The Balaban J connectivity index is 1.71. The van der Waals surface area contributed by atoms with Gasteiger partial charge in [0.05, 0.1) is 7.11 Å². The lowest BCUT2D eigenvalue weighted by molar-refractivity contribution is 0.102. The number of amides is 1. The van der Waals surface area contributed by atoms with Crippen LogP contribution in [-0.4, -0.2) is 17.6 Å². The smallest absolute Gasteiger partial charge is 0.255 e. The van der Waals surface area contributed by atoms with Crippen LogP contribution in [0.1, 0.15) is 22.8 Å². The number of benzene rings is 3. The van der Waals surface area contributed by atoms with Crippen LogP contribution in [0.3, 0.4) is 0 Å². The van der Waals surface area contributed by atoms with Crippen LogP contribution >= 0.6 is 0 Å². The third-order valence-electron chi connectivity index (χ3n) is 5.00. The minimum atomic E-state index is -0.126. The van der Waals surface area contributed by atoms with Crippen molar-refractivity contribution in [3.63, 3.8) is 0 Å². The van der Waals surface area contributed by atoms with Crippen LogP contribution in [0, 0.1) is 6.92 Å². The molecule has 4 heteroatoms. The number of hydrogen-bond donors (Lipinski definition) is 1. The molecule has 1 heterocycles. The lowest BCUT2D eigenvalue weighted by Crippen LogP contribution is -2.12. The third-order valence-corrected chi connectivity index (χ3v) is 5.00. The quantitative estimate of drug-likeness (QED) is 0.532. The Hall–Kier alpha value is -3.27. The molecule has 1 aromatic heterocycles. The highest BCUT2D eigenvalue weighted by Crippen LogP contribution is 2.31.